The summed E-state index contributed by atoms with van der Waals surface area (Å²) in [5.74, 6) is -1.65. The number of carbonyl (C=O) groups is 2. The number of anilines is 1. The van der Waals surface area contributed by atoms with Crippen molar-refractivity contribution in [2.45, 2.75) is 45.1 Å². The van der Waals surface area contributed by atoms with Crippen LogP contribution in [-0.4, -0.2) is 29.2 Å². The number of amides is 2. The van der Waals surface area contributed by atoms with Crippen molar-refractivity contribution in [1.82, 2.24) is 5.32 Å². The summed E-state index contributed by atoms with van der Waals surface area (Å²) in [6, 6.07) is 7.69. The minimum atomic E-state index is -0.917. The fraction of sp³-hybridized carbons (Fsp3) is 0.444. The lowest BCUT2D eigenvalue weighted by Crippen LogP contribution is -2.58. The summed E-state index contributed by atoms with van der Waals surface area (Å²) in [4.78, 5) is 30.9. The number of carbonyl (C=O) groups excluding carboxylic acids is 2. The van der Waals surface area contributed by atoms with Gasteiger partial charge >= 0.3 is 0 Å². The monoisotopic (exact) mass is 343 g/mol. The molecule has 0 spiro atoms. The highest BCUT2D eigenvalue weighted by molar-refractivity contribution is 7.80. The molecule has 1 saturated heterocycles. The zero-order valence-corrected chi connectivity index (χ0v) is 14.5. The van der Waals surface area contributed by atoms with Crippen molar-refractivity contribution in [3.05, 3.63) is 29.8 Å². The third-order valence-corrected chi connectivity index (χ3v) is 4.80. The van der Waals surface area contributed by atoms with Gasteiger partial charge in [0, 0.05) is 12.3 Å². The van der Waals surface area contributed by atoms with E-state index in [4.69, 9.17) is 12.2 Å². The Kier molecular flexibility index (Phi) is 5.04. The number of aryl methyl sites for hydroxylation is 1. The maximum absolute atomic E-state index is 12.8. The van der Waals surface area contributed by atoms with E-state index in [9.17, 15) is 9.59 Å². The van der Waals surface area contributed by atoms with Gasteiger partial charge in [-0.2, -0.15) is 0 Å². The topological polar surface area (TPSA) is 61.8 Å². The molecule has 3 rings (SSSR count). The first-order valence-corrected chi connectivity index (χ1v) is 8.76. The molecule has 126 valence electrons. The van der Waals surface area contributed by atoms with E-state index in [0.717, 1.165) is 31.2 Å². The first-order chi connectivity index (χ1) is 11.6. The number of benzene rings is 1. The first-order valence-electron chi connectivity index (χ1n) is 8.35. The van der Waals surface area contributed by atoms with Gasteiger partial charge in [-0.15, -0.1) is 0 Å². The largest absolute Gasteiger partial charge is 0.301 e. The highest BCUT2D eigenvalue weighted by atomic mass is 32.1. The van der Waals surface area contributed by atoms with Gasteiger partial charge in [-0.3, -0.25) is 19.5 Å². The molecule has 1 aromatic carbocycles. The Morgan fingerprint density at radius 2 is 1.83 bits per heavy atom. The van der Waals surface area contributed by atoms with Crippen molar-refractivity contribution in [2.75, 3.05) is 4.90 Å². The van der Waals surface area contributed by atoms with Crippen LogP contribution >= 0.6 is 12.2 Å². The van der Waals surface area contributed by atoms with Crippen LogP contribution in [0.2, 0.25) is 0 Å². The number of nitrogens with one attached hydrogen (secondary N) is 1. The Balaban J connectivity index is 1.80. The first kappa shape index (κ1) is 16.8. The van der Waals surface area contributed by atoms with Crippen LogP contribution in [0.4, 0.5) is 5.69 Å². The molecule has 0 bridgehead atoms. The summed E-state index contributed by atoms with van der Waals surface area (Å²) in [6.45, 7) is 1.97. The van der Waals surface area contributed by atoms with Crippen molar-refractivity contribution < 1.29 is 9.59 Å². The van der Waals surface area contributed by atoms with Gasteiger partial charge < -0.3 is 5.32 Å². The minimum absolute atomic E-state index is 0.121. The van der Waals surface area contributed by atoms with E-state index >= 15 is 0 Å². The van der Waals surface area contributed by atoms with Crippen LogP contribution in [0.25, 0.3) is 0 Å². The summed E-state index contributed by atoms with van der Waals surface area (Å²) in [5, 5.41) is 2.74. The van der Waals surface area contributed by atoms with Gasteiger partial charge in [0.15, 0.2) is 11.0 Å². The van der Waals surface area contributed by atoms with Gasteiger partial charge in [-0.25, -0.2) is 0 Å². The molecule has 2 amide bonds. The standard InChI is InChI=1S/C18H21N3O2S/c1-12-7-9-14(10-8-12)21-17(23)15(16(22)20-18(21)24)11-19-13-5-3-2-4-6-13/h7-11,13,15H,2-6H2,1H3,(H,20,22,24)/t15-/m0/s1. The lowest BCUT2D eigenvalue weighted by molar-refractivity contribution is -0.130. The summed E-state index contributed by atoms with van der Waals surface area (Å²) in [7, 11) is 0. The maximum atomic E-state index is 12.8. The van der Waals surface area contributed by atoms with E-state index in [1.165, 1.54) is 17.5 Å². The van der Waals surface area contributed by atoms with Gasteiger partial charge in [-0.1, -0.05) is 37.0 Å². The number of thiocarbonyl (C=S) groups is 1. The highest BCUT2D eigenvalue weighted by Crippen LogP contribution is 2.23. The maximum Gasteiger partial charge on any atom is 0.251 e. The highest BCUT2D eigenvalue weighted by Gasteiger charge is 2.38. The van der Waals surface area contributed by atoms with E-state index in [-0.39, 0.29) is 17.1 Å². The second-order valence-electron chi connectivity index (χ2n) is 6.37. The predicted molar refractivity (Wildman–Crippen MR) is 98.3 cm³/mol. The molecule has 2 fully saturated rings. The van der Waals surface area contributed by atoms with Gasteiger partial charge in [-0.05, 0) is 44.1 Å². The summed E-state index contributed by atoms with van der Waals surface area (Å²) in [6.07, 6.45) is 7.12. The number of rotatable bonds is 3. The molecule has 1 aliphatic carbocycles. The third kappa shape index (κ3) is 3.53. The van der Waals surface area contributed by atoms with Crippen LogP contribution in [-0.2, 0) is 9.59 Å². The fourth-order valence-electron chi connectivity index (χ4n) is 3.10. The molecule has 1 heterocycles. The molecule has 1 N–H and O–H groups in total. The molecule has 0 aromatic heterocycles. The predicted octanol–water partition coefficient (Wildman–Crippen LogP) is 2.76. The van der Waals surface area contributed by atoms with E-state index in [0.29, 0.717) is 5.69 Å². The van der Waals surface area contributed by atoms with Crippen LogP contribution in [0.1, 0.15) is 37.7 Å². The van der Waals surface area contributed by atoms with Crippen LogP contribution in [0.15, 0.2) is 29.3 Å². The molecular weight excluding hydrogens is 322 g/mol. The van der Waals surface area contributed by atoms with E-state index in [2.05, 4.69) is 10.3 Å². The van der Waals surface area contributed by atoms with Gasteiger partial charge in [0.05, 0.1) is 5.69 Å². The summed E-state index contributed by atoms with van der Waals surface area (Å²) < 4.78 is 0. The summed E-state index contributed by atoms with van der Waals surface area (Å²) in [5.41, 5.74) is 1.75. The smallest absolute Gasteiger partial charge is 0.251 e. The Labute approximate surface area is 147 Å². The third-order valence-electron chi connectivity index (χ3n) is 4.51. The van der Waals surface area contributed by atoms with Gasteiger partial charge in [0.2, 0.25) is 5.91 Å². The normalized spacial score (nSPS) is 23.0. The molecule has 1 atom stereocenters. The van der Waals surface area contributed by atoms with Gasteiger partial charge in [0.1, 0.15) is 0 Å². The average Bonchev–Trinajstić information content (AvgIpc) is 2.57. The van der Waals surface area contributed by atoms with Crippen LogP contribution in [0.3, 0.4) is 0 Å². The van der Waals surface area contributed by atoms with Crippen LogP contribution < -0.4 is 10.2 Å². The molecule has 0 radical (unpaired) electrons. The number of nitrogens with zero attached hydrogens (tertiary/aromatic N) is 2. The second-order valence-corrected chi connectivity index (χ2v) is 6.76. The molecule has 0 unspecified atom stereocenters. The lowest BCUT2D eigenvalue weighted by atomic mass is 9.96. The molecular formula is C18H21N3O2S. The van der Waals surface area contributed by atoms with Crippen LogP contribution in [0, 0.1) is 12.8 Å². The molecule has 6 heteroatoms. The molecule has 24 heavy (non-hydrogen) atoms. The Morgan fingerprint density at radius 3 is 2.50 bits per heavy atom. The number of aliphatic imine (C=N–C) groups is 1. The van der Waals surface area contributed by atoms with E-state index < -0.39 is 11.8 Å². The van der Waals surface area contributed by atoms with Crippen molar-refractivity contribution in [3.8, 4) is 0 Å². The van der Waals surface area contributed by atoms with E-state index in [1.807, 2.05) is 31.2 Å². The molecule has 1 saturated carbocycles. The van der Waals surface area contributed by atoms with Crippen molar-refractivity contribution in [3.63, 3.8) is 0 Å². The molecule has 1 aliphatic heterocycles. The lowest BCUT2D eigenvalue weighted by Gasteiger charge is -2.31. The van der Waals surface area contributed by atoms with Crippen molar-refractivity contribution in [1.29, 1.82) is 0 Å². The molecule has 5 nitrogen and oxygen atoms in total. The Morgan fingerprint density at radius 1 is 1.17 bits per heavy atom. The SMILES string of the molecule is Cc1ccc(N2C(=O)[C@@H](C=NC3CCCCC3)C(=O)NC2=S)cc1. The minimum Gasteiger partial charge on any atom is -0.301 e. The fourth-order valence-corrected chi connectivity index (χ4v) is 3.39. The molecule has 1 aromatic rings. The number of hydrogen-bond donors (Lipinski definition) is 1. The quantitative estimate of drug-likeness (QED) is 0.521. The van der Waals surface area contributed by atoms with Crippen LogP contribution in [0.5, 0.6) is 0 Å². The second kappa shape index (κ2) is 7.21. The zero-order valence-electron chi connectivity index (χ0n) is 13.7. The Bertz CT molecular complexity index is 678. The van der Waals surface area contributed by atoms with E-state index in [1.54, 1.807) is 0 Å². The zero-order chi connectivity index (χ0) is 17.1. The average molecular weight is 343 g/mol. The van der Waals surface area contributed by atoms with Gasteiger partial charge in [0.25, 0.3) is 5.91 Å². The van der Waals surface area contributed by atoms with Crippen molar-refractivity contribution >= 4 is 41.0 Å². The molecule has 2 aliphatic rings. The van der Waals surface area contributed by atoms with Crippen molar-refractivity contribution in [2.24, 2.45) is 10.9 Å². The Hall–Kier alpha value is -2.08. The number of hydrogen-bond acceptors (Lipinski definition) is 4. The summed E-state index contributed by atoms with van der Waals surface area (Å²) >= 11 is 5.19.